The molecule has 0 aliphatic heterocycles. The lowest BCUT2D eigenvalue weighted by Crippen LogP contribution is -2.31. The molecule has 0 amide bonds. The predicted octanol–water partition coefficient (Wildman–Crippen LogP) is 1.67. The van der Waals surface area contributed by atoms with Crippen molar-refractivity contribution < 1.29 is 9.47 Å². The first-order valence-corrected chi connectivity index (χ1v) is 5.49. The molecular weight excluding hydrogens is 178 g/mol. The molecule has 14 heavy (non-hydrogen) atoms. The minimum atomic E-state index is 0.185. The summed E-state index contributed by atoms with van der Waals surface area (Å²) in [7, 11) is 3.64. The molecule has 0 aromatic heterocycles. The Balaban J connectivity index is 3.57. The fourth-order valence-electron chi connectivity index (χ4n) is 1.46. The van der Waals surface area contributed by atoms with Gasteiger partial charge in [-0.2, -0.15) is 0 Å². The summed E-state index contributed by atoms with van der Waals surface area (Å²) in [5.41, 5.74) is 0. The van der Waals surface area contributed by atoms with Crippen LogP contribution in [0.2, 0.25) is 0 Å². The largest absolute Gasteiger partial charge is 0.382 e. The highest BCUT2D eigenvalue weighted by atomic mass is 16.5. The second-order valence-electron chi connectivity index (χ2n) is 3.86. The molecule has 0 aromatic carbocycles. The van der Waals surface area contributed by atoms with Gasteiger partial charge in [-0.25, -0.2) is 0 Å². The van der Waals surface area contributed by atoms with E-state index in [-0.39, 0.29) is 6.10 Å². The molecule has 3 nitrogen and oxygen atoms in total. The molecule has 0 aromatic rings. The van der Waals surface area contributed by atoms with Crippen LogP contribution in [0.25, 0.3) is 0 Å². The van der Waals surface area contributed by atoms with Gasteiger partial charge in [-0.3, -0.25) is 0 Å². The molecule has 0 saturated heterocycles. The maximum Gasteiger partial charge on any atom is 0.0932 e. The third kappa shape index (κ3) is 7.30. The molecule has 0 radical (unpaired) electrons. The van der Waals surface area contributed by atoms with Crippen molar-refractivity contribution in [2.24, 2.45) is 5.92 Å². The number of methoxy groups -OCH3 is 1. The predicted molar refractivity (Wildman–Crippen MR) is 59.6 cm³/mol. The molecule has 1 N–H and O–H groups in total. The van der Waals surface area contributed by atoms with Gasteiger partial charge in [-0.1, -0.05) is 20.3 Å². The quantitative estimate of drug-likeness (QED) is 0.618. The standard InChI is InChI=1S/C11H25NO2/c1-5-6-10(2)8-14-11(7-12-3)9-13-4/h10-12H,5-9H2,1-4H3. The Morgan fingerprint density at radius 2 is 2.00 bits per heavy atom. The Hall–Kier alpha value is -0.120. The average Bonchev–Trinajstić information content (AvgIpc) is 2.15. The normalized spacial score (nSPS) is 15.4. The molecule has 0 rings (SSSR count). The van der Waals surface area contributed by atoms with Gasteiger partial charge in [-0.15, -0.1) is 0 Å². The second kappa shape index (κ2) is 9.44. The van der Waals surface area contributed by atoms with E-state index in [4.69, 9.17) is 9.47 Å². The third-order valence-corrected chi connectivity index (χ3v) is 2.18. The Kier molecular flexibility index (Phi) is 9.35. The Morgan fingerprint density at radius 3 is 2.50 bits per heavy atom. The van der Waals surface area contributed by atoms with E-state index >= 15 is 0 Å². The molecule has 0 aliphatic rings. The number of likely N-dealkylation sites (N-methyl/N-ethyl adjacent to an activating group) is 1. The summed E-state index contributed by atoms with van der Waals surface area (Å²) in [4.78, 5) is 0. The van der Waals surface area contributed by atoms with Gasteiger partial charge in [0.25, 0.3) is 0 Å². The molecule has 3 heteroatoms. The van der Waals surface area contributed by atoms with Crippen LogP contribution in [0.15, 0.2) is 0 Å². The second-order valence-corrected chi connectivity index (χ2v) is 3.86. The van der Waals surface area contributed by atoms with E-state index in [2.05, 4.69) is 19.2 Å². The molecule has 0 aliphatic carbocycles. The smallest absolute Gasteiger partial charge is 0.0932 e. The first-order chi connectivity index (χ1) is 6.74. The number of hydrogen-bond donors (Lipinski definition) is 1. The topological polar surface area (TPSA) is 30.5 Å². The molecule has 0 saturated carbocycles. The lowest BCUT2D eigenvalue weighted by molar-refractivity contribution is -0.0139. The summed E-state index contributed by atoms with van der Waals surface area (Å²) in [6.45, 7) is 6.79. The molecule has 2 atom stereocenters. The summed E-state index contributed by atoms with van der Waals surface area (Å²) in [5, 5.41) is 3.10. The van der Waals surface area contributed by atoms with Gasteiger partial charge in [0.1, 0.15) is 0 Å². The number of nitrogens with one attached hydrogen (secondary N) is 1. The Labute approximate surface area is 88.2 Å². The van der Waals surface area contributed by atoms with Crippen molar-refractivity contribution in [2.45, 2.75) is 32.8 Å². The highest BCUT2D eigenvalue weighted by Gasteiger charge is 2.09. The Morgan fingerprint density at radius 1 is 1.29 bits per heavy atom. The zero-order valence-corrected chi connectivity index (χ0v) is 10.0. The minimum Gasteiger partial charge on any atom is -0.382 e. The molecule has 0 fully saturated rings. The lowest BCUT2D eigenvalue weighted by Gasteiger charge is -2.19. The van der Waals surface area contributed by atoms with Gasteiger partial charge >= 0.3 is 0 Å². The van der Waals surface area contributed by atoms with E-state index in [1.54, 1.807) is 7.11 Å². The van der Waals surface area contributed by atoms with Gasteiger partial charge in [-0.05, 0) is 19.4 Å². The fourth-order valence-corrected chi connectivity index (χ4v) is 1.46. The fraction of sp³-hybridized carbons (Fsp3) is 1.00. The molecule has 2 unspecified atom stereocenters. The van der Waals surface area contributed by atoms with E-state index in [9.17, 15) is 0 Å². The zero-order valence-electron chi connectivity index (χ0n) is 10.0. The van der Waals surface area contributed by atoms with Gasteiger partial charge in [0.2, 0.25) is 0 Å². The van der Waals surface area contributed by atoms with E-state index in [0.29, 0.717) is 12.5 Å². The van der Waals surface area contributed by atoms with Gasteiger partial charge in [0.05, 0.1) is 12.7 Å². The summed E-state index contributed by atoms with van der Waals surface area (Å²) >= 11 is 0. The lowest BCUT2D eigenvalue weighted by atomic mass is 10.1. The zero-order chi connectivity index (χ0) is 10.8. The van der Waals surface area contributed by atoms with Crippen molar-refractivity contribution in [3.8, 4) is 0 Å². The summed E-state index contributed by atoms with van der Waals surface area (Å²) in [5.74, 6) is 0.649. The van der Waals surface area contributed by atoms with Crippen LogP contribution >= 0.6 is 0 Å². The van der Waals surface area contributed by atoms with Crippen molar-refractivity contribution >= 4 is 0 Å². The number of ether oxygens (including phenoxy) is 2. The van der Waals surface area contributed by atoms with Crippen molar-refractivity contribution in [1.29, 1.82) is 0 Å². The Bertz CT molecular complexity index is 114. The van der Waals surface area contributed by atoms with Crippen LogP contribution in [0.3, 0.4) is 0 Å². The summed E-state index contributed by atoms with van der Waals surface area (Å²) in [6.07, 6.45) is 2.65. The van der Waals surface area contributed by atoms with E-state index in [0.717, 1.165) is 13.2 Å². The van der Waals surface area contributed by atoms with Gasteiger partial charge < -0.3 is 14.8 Å². The first-order valence-electron chi connectivity index (χ1n) is 5.49. The van der Waals surface area contributed by atoms with Crippen LogP contribution in [0.1, 0.15) is 26.7 Å². The van der Waals surface area contributed by atoms with E-state index in [1.807, 2.05) is 7.05 Å². The molecule has 86 valence electrons. The monoisotopic (exact) mass is 203 g/mol. The highest BCUT2D eigenvalue weighted by molar-refractivity contribution is 4.60. The first kappa shape index (κ1) is 13.9. The van der Waals surface area contributed by atoms with Crippen LogP contribution in [-0.4, -0.2) is 40.0 Å². The van der Waals surface area contributed by atoms with Crippen molar-refractivity contribution in [1.82, 2.24) is 5.32 Å². The van der Waals surface area contributed by atoms with Crippen LogP contribution in [0.5, 0.6) is 0 Å². The molecule has 0 heterocycles. The van der Waals surface area contributed by atoms with Crippen LogP contribution < -0.4 is 5.32 Å². The average molecular weight is 203 g/mol. The SMILES string of the molecule is CCCC(C)COC(CNC)COC. The summed E-state index contributed by atoms with van der Waals surface area (Å²) < 4.78 is 10.8. The van der Waals surface area contributed by atoms with Crippen molar-refractivity contribution in [3.05, 3.63) is 0 Å². The molecule has 0 spiro atoms. The summed E-state index contributed by atoms with van der Waals surface area (Å²) in [6, 6.07) is 0. The molecule has 0 bridgehead atoms. The maximum absolute atomic E-state index is 5.75. The van der Waals surface area contributed by atoms with Crippen LogP contribution in [-0.2, 0) is 9.47 Å². The third-order valence-electron chi connectivity index (χ3n) is 2.18. The van der Waals surface area contributed by atoms with E-state index < -0.39 is 0 Å². The van der Waals surface area contributed by atoms with Crippen molar-refractivity contribution in [2.75, 3.05) is 33.9 Å². The van der Waals surface area contributed by atoms with Crippen LogP contribution in [0.4, 0.5) is 0 Å². The van der Waals surface area contributed by atoms with Gasteiger partial charge in [0, 0.05) is 20.3 Å². The highest BCUT2D eigenvalue weighted by Crippen LogP contribution is 2.06. The van der Waals surface area contributed by atoms with Gasteiger partial charge in [0.15, 0.2) is 0 Å². The minimum absolute atomic E-state index is 0.185. The van der Waals surface area contributed by atoms with Crippen molar-refractivity contribution in [3.63, 3.8) is 0 Å². The number of rotatable bonds is 9. The van der Waals surface area contributed by atoms with Crippen LogP contribution in [0, 0.1) is 5.92 Å². The number of hydrogen-bond acceptors (Lipinski definition) is 3. The molecular formula is C11H25NO2. The van der Waals surface area contributed by atoms with E-state index in [1.165, 1.54) is 12.8 Å². The maximum atomic E-state index is 5.75.